The van der Waals surface area contributed by atoms with Crippen molar-refractivity contribution in [2.24, 2.45) is 0 Å². The van der Waals surface area contributed by atoms with Crippen molar-refractivity contribution in [3.8, 4) is 0 Å². The Kier molecular flexibility index (Phi) is 4.51. The van der Waals surface area contributed by atoms with Crippen LogP contribution in [0.3, 0.4) is 0 Å². The minimum atomic E-state index is -1.02. The molecule has 1 fully saturated rings. The van der Waals surface area contributed by atoms with Gasteiger partial charge in [0.15, 0.2) is 5.09 Å². The number of aromatic nitrogens is 1. The first-order valence-electron chi connectivity index (χ1n) is 6.23. The Bertz CT molecular complexity index is 827. The van der Waals surface area contributed by atoms with Crippen LogP contribution in [0.2, 0.25) is 0 Å². The zero-order valence-corrected chi connectivity index (χ0v) is 13.8. The minimum Gasteiger partial charge on any atom is -0.478 e. The van der Waals surface area contributed by atoms with Gasteiger partial charge in [-0.25, -0.2) is 9.78 Å². The van der Waals surface area contributed by atoms with Gasteiger partial charge in [-0.3, -0.25) is 4.79 Å². The third-order valence-electron chi connectivity index (χ3n) is 2.71. The standard InChI is InChI=1S/C14H8N2O4S3/c17-12-9(22-14(21)16-12)5-8-2-4-11(20-8)23-10-3-1-7(6-15-10)13(18)19/h1-6H,(H,18,19)(H,16,17,21)/b9-5-. The Morgan fingerprint density at radius 3 is 2.83 bits per heavy atom. The number of amides is 1. The summed E-state index contributed by atoms with van der Waals surface area (Å²) in [5.41, 5.74) is 0.124. The molecule has 0 unspecified atom stereocenters. The Morgan fingerprint density at radius 2 is 2.22 bits per heavy atom. The van der Waals surface area contributed by atoms with Gasteiger partial charge in [0.05, 0.1) is 10.5 Å². The first kappa shape index (κ1) is 15.8. The fourth-order valence-electron chi connectivity index (χ4n) is 1.69. The number of thiocarbonyl (C=S) groups is 1. The molecule has 1 saturated heterocycles. The molecular weight excluding hydrogens is 356 g/mol. The van der Waals surface area contributed by atoms with E-state index in [-0.39, 0.29) is 11.5 Å². The van der Waals surface area contributed by atoms with E-state index in [0.29, 0.717) is 25.1 Å². The molecule has 2 aromatic rings. The second kappa shape index (κ2) is 6.57. The molecule has 1 aliphatic rings. The number of carbonyl (C=O) groups is 2. The van der Waals surface area contributed by atoms with Crippen LogP contribution in [0.25, 0.3) is 6.08 Å². The van der Waals surface area contributed by atoms with Crippen LogP contribution in [0.1, 0.15) is 16.1 Å². The quantitative estimate of drug-likeness (QED) is 0.632. The minimum absolute atomic E-state index is 0.124. The average molecular weight is 364 g/mol. The van der Waals surface area contributed by atoms with E-state index in [1.807, 2.05) is 0 Å². The molecule has 0 saturated carbocycles. The van der Waals surface area contributed by atoms with Crippen molar-refractivity contribution >= 4 is 58.0 Å². The van der Waals surface area contributed by atoms with Gasteiger partial charge in [0.2, 0.25) is 0 Å². The normalized spacial score (nSPS) is 15.9. The van der Waals surface area contributed by atoms with Gasteiger partial charge in [-0.2, -0.15) is 0 Å². The van der Waals surface area contributed by atoms with E-state index in [1.165, 1.54) is 35.8 Å². The molecule has 1 amide bonds. The molecule has 0 radical (unpaired) electrons. The molecule has 23 heavy (non-hydrogen) atoms. The number of carboxylic acids is 1. The third-order valence-corrected chi connectivity index (χ3v) is 4.74. The molecule has 0 aromatic carbocycles. The number of nitrogens with one attached hydrogen (secondary N) is 1. The van der Waals surface area contributed by atoms with Crippen LogP contribution < -0.4 is 5.32 Å². The van der Waals surface area contributed by atoms with E-state index in [0.717, 1.165) is 0 Å². The van der Waals surface area contributed by atoms with Crippen LogP contribution in [0.15, 0.2) is 49.9 Å². The summed E-state index contributed by atoms with van der Waals surface area (Å²) in [6, 6.07) is 6.56. The number of hydrogen-bond acceptors (Lipinski definition) is 7. The maximum absolute atomic E-state index is 11.6. The van der Waals surface area contributed by atoms with Crippen molar-refractivity contribution in [3.05, 3.63) is 46.7 Å². The predicted octanol–water partition coefficient (Wildman–Crippen LogP) is 3.01. The highest BCUT2D eigenvalue weighted by molar-refractivity contribution is 8.26. The topological polar surface area (TPSA) is 92.4 Å². The van der Waals surface area contributed by atoms with Gasteiger partial charge in [-0.1, -0.05) is 24.0 Å². The van der Waals surface area contributed by atoms with Crippen LogP contribution >= 0.6 is 35.7 Å². The lowest BCUT2D eigenvalue weighted by Gasteiger charge is -1.98. The zero-order chi connectivity index (χ0) is 16.4. The fraction of sp³-hybridized carbons (Fsp3) is 0. The van der Waals surface area contributed by atoms with Crippen LogP contribution in [0.4, 0.5) is 0 Å². The number of rotatable bonds is 4. The van der Waals surface area contributed by atoms with Gasteiger partial charge in [0.25, 0.3) is 5.91 Å². The summed E-state index contributed by atoms with van der Waals surface area (Å²) in [4.78, 5) is 26.9. The average Bonchev–Trinajstić information content (AvgIpc) is 3.06. The summed E-state index contributed by atoms with van der Waals surface area (Å²) in [5, 5.41) is 12.6. The molecule has 0 atom stereocenters. The molecule has 3 rings (SSSR count). The largest absolute Gasteiger partial charge is 0.478 e. The molecule has 6 nitrogen and oxygen atoms in total. The van der Waals surface area contributed by atoms with Crippen LogP contribution in [-0.2, 0) is 4.79 Å². The Balaban J connectivity index is 1.72. The highest BCUT2D eigenvalue weighted by atomic mass is 32.2. The molecule has 1 aliphatic heterocycles. The van der Waals surface area contributed by atoms with Gasteiger partial charge in [0.1, 0.15) is 15.1 Å². The highest BCUT2D eigenvalue weighted by Crippen LogP contribution is 2.31. The van der Waals surface area contributed by atoms with Crippen LogP contribution in [-0.4, -0.2) is 26.3 Å². The maximum Gasteiger partial charge on any atom is 0.337 e. The first-order valence-corrected chi connectivity index (χ1v) is 8.27. The van der Waals surface area contributed by atoms with E-state index in [4.69, 9.17) is 21.7 Å². The van der Waals surface area contributed by atoms with Crippen molar-refractivity contribution in [1.82, 2.24) is 10.3 Å². The van der Waals surface area contributed by atoms with Gasteiger partial charge >= 0.3 is 5.97 Å². The number of nitrogens with zero attached hydrogens (tertiary/aromatic N) is 1. The Morgan fingerprint density at radius 1 is 1.39 bits per heavy atom. The second-order valence-electron chi connectivity index (χ2n) is 4.30. The summed E-state index contributed by atoms with van der Waals surface area (Å²) in [6.07, 6.45) is 2.90. The Hall–Kier alpha value is -2.10. The smallest absolute Gasteiger partial charge is 0.337 e. The number of furan rings is 1. The molecule has 116 valence electrons. The number of thioether (sulfide) groups is 1. The SMILES string of the molecule is O=C1NC(=S)S/C1=C\c1ccc(Sc2ccc(C(=O)O)cn2)o1. The molecular formula is C14H8N2O4S3. The molecule has 0 bridgehead atoms. The van der Waals surface area contributed by atoms with Gasteiger partial charge in [-0.05, 0) is 36.0 Å². The van der Waals surface area contributed by atoms with Crippen molar-refractivity contribution < 1.29 is 19.1 Å². The summed E-state index contributed by atoms with van der Waals surface area (Å²) in [6.45, 7) is 0. The van der Waals surface area contributed by atoms with E-state index in [9.17, 15) is 9.59 Å². The fourth-order valence-corrected chi connectivity index (χ4v) is 3.43. The lowest BCUT2D eigenvalue weighted by atomic mass is 10.3. The summed E-state index contributed by atoms with van der Waals surface area (Å²) in [7, 11) is 0. The van der Waals surface area contributed by atoms with Crippen molar-refractivity contribution in [1.29, 1.82) is 0 Å². The second-order valence-corrected chi connectivity index (χ2v) is 7.04. The van der Waals surface area contributed by atoms with E-state index in [1.54, 1.807) is 24.3 Å². The maximum atomic E-state index is 11.6. The lowest BCUT2D eigenvalue weighted by Crippen LogP contribution is -2.17. The molecule has 9 heteroatoms. The molecule has 2 aromatic heterocycles. The van der Waals surface area contributed by atoms with Crippen LogP contribution in [0, 0.1) is 0 Å². The number of aromatic carboxylic acids is 1. The summed E-state index contributed by atoms with van der Waals surface area (Å²) < 4.78 is 6.03. The van der Waals surface area contributed by atoms with E-state index in [2.05, 4.69) is 10.3 Å². The zero-order valence-electron chi connectivity index (χ0n) is 11.3. The van der Waals surface area contributed by atoms with Crippen molar-refractivity contribution in [3.63, 3.8) is 0 Å². The Labute approximate surface area is 144 Å². The molecule has 0 aliphatic carbocycles. The van der Waals surface area contributed by atoms with E-state index < -0.39 is 5.97 Å². The number of hydrogen-bond donors (Lipinski definition) is 2. The van der Waals surface area contributed by atoms with Gasteiger partial charge < -0.3 is 14.8 Å². The van der Waals surface area contributed by atoms with Crippen molar-refractivity contribution in [2.75, 3.05) is 0 Å². The number of carboxylic acid groups (broad SMARTS) is 1. The molecule has 2 N–H and O–H groups in total. The molecule has 0 spiro atoms. The number of carbonyl (C=O) groups excluding carboxylic acids is 1. The summed E-state index contributed by atoms with van der Waals surface area (Å²) in [5.74, 6) is -0.736. The van der Waals surface area contributed by atoms with E-state index >= 15 is 0 Å². The van der Waals surface area contributed by atoms with Crippen molar-refractivity contribution in [2.45, 2.75) is 10.1 Å². The van der Waals surface area contributed by atoms with Crippen LogP contribution in [0.5, 0.6) is 0 Å². The lowest BCUT2D eigenvalue weighted by molar-refractivity contribution is -0.115. The highest BCUT2D eigenvalue weighted by Gasteiger charge is 2.22. The van der Waals surface area contributed by atoms with Gasteiger partial charge in [0, 0.05) is 12.3 Å². The number of pyridine rings is 1. The first-order chi connectivity index (χ1) is 11.0. The monoisotopic (exact) mass is 364 g/mol. The van der Waals surface area contributed by atoms with Gasteiger partial charge in [-0.15, -0.1) is 0 Å². The molecule has 3 heterocycles. The summed E-state index contributed by atoms with van der Waals surface area (Å²) >= 11 is 7.35. The predicted molar refractivity (Wildman–Crippen MR) is 90.3 cm³/mol. The third kappa shape index (κ3) is 3.81.